The minimum absolute atomic E-state index is 0.416. The molecule has 0 bridgehead atoms. The summed E-state index contributed by atoms with van der Waals surface area (Å²) >= 11 is 0. The van der Waals surface area contributed by atoms with Crippen LogP contribution in [-0.2, 0) is 13.0 Å². The molecule has 1 fully saturated rings. The van der Waals surface area contributed by atoms with E-state index in [-0.39, 0.29) is 0 Å². The maximum atomic E-state index is 5.67. The van der Waals surface area contributed by atoms with Crippen molar-refractivity contribution in [3.05, 3.63) is 17.3 Å². The van der Waals surface area contributed by atoms with Crippen molar-refractivity contribution in [2.24, 2.45) is 5.73 Å². The molecule has 0 aromatic carbocycles. The van der Waals surface area contributed by atoms with Gasteiger partial charge in [0.2, 0.25) is 5.89 Å². The van der Waals surface area contributed by atoms with Gasteiger partial charge in [-0.05, 0) is 12.8 Å². The number of aryl methyl sites for hydroxylation is 1. The second kappa shape index (κ2) is 5.48. The monoisotopic (exact) mass is 222 g/mol. The van der Waals surface area contributed by atoms with Gasteiger partial charge in [0.05, 0.1) is 12.2 Å². The zero-order valence-electron chi connectivity index (χ0n) is 10.2. The van der Waals surface area contributed by atoms with E-state index in [1.165, 1.54) is 44.2 Å². The van der Waals surface area contributed by atoms with Crippen LogP contribution in [0.15, 0.2) is 4.42 Å². The lowest BCUT2D eigenvalue weighted by Gasteiger charge is -2.11. The van der Waals surface area contributed by atoms with Gasteiger partial charge in [0.15, 0.2) is 0 Å². The highest BCUT2D eigenvalue weighted by atomic mass is 16.4. The maximum Gasteiger partial charge on any atom is 0.208 e. The molecule has 0 saturated heterocycles. The summed E-state index contributed by atoms with van der Waals surface area (Å²) in [7, 11) is 0. The van der Waals surface area contributed by atoms with Crippen molar-refractivity contribution >= 4 is 0 Å². The number of hydrogen-bond acceptors (Lipinski definition) is 3. The average Bonchev–Trinajstić information content (AvgIpc) is 2.55. The Hall–Kier alpha value is -0.830. The largest absolute Gasteiger partial charge is 0.444 e. The van der Waals surface area contributed by atoms with Gasteiger partial charge in [-0.2, -0.15) is 0 Å². The second-order valence-electron chi connectivity index (χ2n) is 4.66. The first-order valence-electron chi connectivity index (χ1n) is 6.53. The molecule has 1 saturated carbocycles. The molecule has 0 unspecified atom stereocenters. The Labute approximate surface area is 97.4 Å². The molecule has 0 atom stereocenters. The fourth-order valence-corrected chi connectivity index (χ4v) is 2.63. The molecule has 0 aliphatic heterocycles. The number of rotatable bonds is 3. The van der Waals surface area contributed by atoms with E-state index < -0.39 is 0 Å². The predicted molar refractivity (Wildman–Crippen MR) is 64.2 cm³/mol. The van der Waals surface area contributed by atoms with Gasteiger partial charge in [-0.3, -0.25) is 0 Å². The molecule has 1 heterocycles. The van der Waals surface area contributed by atoms with Crippen LogP contribution in [0.2, 0.25) is 0 Å². The van der Waals surface area contributed by atoms with Gasteiger partial charge in [-0.25, -0.2) is 4.98 Å². The molecule has 1 aromatic rings. The Morgan fingerprint density at radius 3 is 2.50 bits per heavy atom. The van der Waals surface area contributed by atoms with Crippen LogP contribution >= 0.6 is 0 Å². The quantitative estimate of drug-likeness (QED) is 0.799. The zero-order chi connectivity index (χ0) is 11.4. The predicted octanol–water partition coefficient (Wildman–Crippen LogP) is 3.13. The molecule has 0 amide bonds. The fraction of sp³-hybridized carbons (Fsp3) is 0.769. The van der Waals surface area contributed by atoms with Crippen LogP contribution in [0.25, 0.3) is 0 Å². The number of hydrogen-bond donors (Lipinski definition) is 1. The zero-order valence-corrected chi connectivity index (χ0v) is 10.2. The van der Waals surface area contributed by atoms with Crippen LogP contribution in [0.3, 0.4) is 0 Å². The molecule has 2 N–H and O–H groups in total. The van der Waals surface area contributed by atoms with Crippen LogP contribution in [0.4, 0.5) is 0 Å². The third kappa shape index (κ3) is 2.46. The third-order valence-electron chi connectivity index (χ3n) is 3.51. The van der Waals surface area contributed by atoms with Crippen molar-refractivity contribution in [2.75, 3.05) is 0 Å². The first kappa shape index (κ1) is 11.6. The number of aromatic nitrogens is 1. The van der Waals surface area contributed by atoms with Crippen LogP contribution in [-0.4, -0.2) is 4.98 Å². The van der Waals surface area contributed by atoms with Gasteiger partial charge in [-0.1, -0.05) is 32.6 Å². The summed E-state index contributed by atoms with van der Waals surface area (Å²) in [5.74, 6) is 2.38. The molecule has 3 heteroatoms. The molecule has 0 radical (unpaired) electrons. The summed E-state index contributed by atoms with van der Waals surface area (Å²) in [6.45, 7) is 2.54. The van der Waals surface area contributed by atoms with Crippen molar-refractivity contribution in [3.63, 3.8) is 0 Å². The molecular formula is C13H22N2O. The lowest BCUT2D eigenvalue weighted by molar-refractivity contribution is 0.456. The molecule has 16 heavy (non-hydrogen) atoms. The van der Waals surface area contributed by atoms with Crippen LogP contribution in [0, 0.1) is 0 Å². The Bertz CT molecular complexity index is 325. The highest BCUT2D eigenvalue weighted by Gasteiger charge is 2.21. The smallest absolute Gasteiger partial charge is 0.208 e. The lowest BCUT2D eigenvalue weighted by Crippen LogP contribution is -2.02. The Balaban J connectivity index is 2.19. The van der Waals surface area contributed by atoms with Crippen LogP contribution in [0.1, 0.15) is 68.7 Å². The van der Waals surface area contributed by atoms with Gasteiger partial charge in [0.1, 0.15) is 5.76 Å². The summed E-state index contributed by atoms with van der Waals surface area (Å²) in [5, 5.41) is 0. The second-order valence-corrected chi connectivity index (χ2v) is 4.66. The first-order valence-corrected chi connectivity index (χ1v) is 6.53. The van der Waals surface area contributed by atoms with Gasteiger partial charge >= 0.3 is 0 Å². The normalized spacial score (nSPS) is 18.6. The van der Waals surface area contributed by atoms with E-state index in [1.54, 1.807) is 0 Å². The molecule has 3 nitrogen and oxygen atoms in total. The molecule has 0 spiro atoms. The van der Waals surface area contributed by atoms with Crippen molar-refractivity contribution in [1.29, 1.82) is 0 Å². The molecular weight excluding hydrogens is 200 g/mol. The Morgan fingerprint density at radius 2 is 1.94 bits per heavy atom. The molecule has 1 aromatic heterocycles. The van der Waals surface area contributed by atoms with Crippen molar-refractivity contribution in [3.8, 4) is 0 Å². The van der Waals surface area contributed by atoms with Gasteiger partial charge in [0.25, 0.3) is 0 Å². The topological polar surface area (TPSA) is 52.0 Å². The maximum absolute atomic E-state index is 5.67. The molecule has 1 aliphatic carbocycles. The van der Waals surface area contributed by atoms with E-state index in [9.17, 15) is 0 Å². The van der Waals surface area contributed by atoms with E-state index in [1.807, 2.05) is 0 Å². The van der Waals surface area contributed by atoms with Gasteiger partial charge < -0.3 is 10.2 Å². The minimum Gasteiger partial charge on any atom is -0.444 e. The van der Waals surface area contributed by atoms with E-state index in [0.717, 1.165) is 12.2 Å². The Kier molecular flexibility index (Phi) is 3.99. The van der Waals surface area contributed by atoms with Crippen molar-refractivity contribution in [2.45, 2.75) is 64.3 Å². The molecule has 2 rings (SSSR count). The summed E-state index contributed by atoms with van der Waals surface area (Å²) in [6.07, 6.45) is 8.88. The van der Waals surface area contributed by atoms with Crippen molar-refractivity contribution in [1.82, 2.24) is 4.98 Å². The SMILES string of the molecule is CCc1oc(CN)nc1C1CCCCCC1. The van der Waals surface area contributed by atoms with Crippen molar-refractivity contribution < 1.29 is 4.42 Å². The average molecular weight is 222 g/mol. The summed E-state index contributed by atoms with van der Waals surface area (Å²) in [4.78, 5) is 4.57. The van der Waals surface area contributed by atoms with E-state index in [2.05, 4.69) is 11.9 Å². The summed E-state index contributed by atoms with van der Waals surface area (Å²) in [6, 6.07) is 0. The van der Waals surface area contributed by atoms with Gasteiger partial charge in [-0.15, -0.1) is 0 Å². The van der Waals surface area contributed by atoms with E-state index >= 15 is 0 Å². The highest BCUT2D eigenvalue weighted by Crippen LogP contribution is 2.33. The van der Waals surface area contributed by atoms with Crippen LogP contribution < -0.4 is 5.73 Å². The first-order chi connectivity index (χ1) is 7.85. The third-order valence-corrected chi connectivity index (χ3v) is 3.51. The fourth-order valence-electron chi connectivity index (χ4n) is 2.63. The number of nitrogens with two attached hydrogens (primary N) is 1. The number of oxazole rings is 1. The summed E-state index contributed by atoms with van der Waals surface area (Å²) < 4.78 is 5.67. The number of nitrogens with zero attached hydrogens (tertiary/aromatic N) is 1. The molecule has 1 aliphatic rings. The van der Waals surface area contributed by atoms with Crippen LogP contribution in [0.5, 0.6) is 0 Å². The minimum atomic E-state index is 0.416. The standard InChI is InChI=1S/C13H22N2O/c1-2-11-13(15-12(9-14)16-11)10-7-5-3-4-6-8-10/h10H,2-9,14H2,1H3. The van der Waals surface area contributed by atoms with E-state index in [0.29, 0.717) is 18.4 Å². The van der Waals surface area contributed by atoms with E-state index in [4.69, 9.17) is 10.2 Å². The van der Waals surface area contributed by atoms with Gasteiger partial charge in [0, 0.05) is 12.3 Å². The summed E-state index contributed by atoms with van der Waals surface area (Å²) in [5.41, 5.74) is 6.79. The lowest BCUT2D eigenvalue weighted by atomic mass is 9.95. The Morgan fingerprint density at radius 1 is 1.25 bits per heavy atom. The highest BCUT2D eigenvalue weighted by molar-refractivity contribution is 5.15. The molecule has 90 valence electrons.